The van der Waals surface area contributed by atoms with Gasteiger partial charge in [0.2, 0.25) is 0 Å². The van der Waals surface area contributed by atoms with Crippen LogP contribution < -0.4 is 5.32 Å². The lowest BCUT2D eigenvalue weighted by atomic mass is 9.99. The Labute approximate surface area is 100 Å². The van der Waals surface area contributed by atoms with Gasteiger partial charge in [-0.1, -0.05) is 12.1 Å². The number of hydrogen-bond donors (Lipinski definition) is 2. The van der Waals surface area contributed by atoms with Gasteiger partial charge in [0.05, 0.1) is 5.56 Å². The minimum Gasteiger partial charge on any atom is -0.478 e. The number of rotatable bonds is 2. The molecule has 1 aromatic rings. The minimum absolute atomic E-state index is 0.0135. The van der Waals surface area contributed by atoms with Gasteiger partial charge in [0.25, 0.3) is 0 Å². The quantitative estimate of drug-likeness (QED) is 0.847. The Morgan fingerprint density at radius 1 is 1.39 bits per heavy atom. The Morgan fingerprint density at radius 3 is 2.56 bits per heavy atom. The van der Waals surface area contributed by atoms with Crippen LogP contribution in [-0.2, 0) is 4.74 Å². The van der Waals surface area contributed by atoms with Crippen molar-refractivity contribution in [2.75, 3.05) is 6.61 Å². The molecule has 7 heteroatoms. The van der Waals surface area contributed by atoms with Gasteiger partial charge in [-0.15, -0.1) is 0 Å². The number of nitrogens with one attached hydrogen (secondary N) is 1. The molecular formula is C11H9F2NO4. The van der Waals surface area contributed by atoms with Crippen LogP contribution in [0.4, 0.5) is 13.6 Å². The summed E-state index contributed by atoms with van der Waals surface area (Å²) in [6.45, 7) is -0.996. The van der Waals surface area contributed by atoms with Crippen molar-refractivity contribution in [1.29, 1.82) is 0 Å². The number of carbonyl (C=O) groups excluding carboxylic acids is 1. The lowest BCUT2D eigenvalue weighted by Gasteiger charge is -2.31. The fourth-order valence-corrected chi connectivity index (χ4v) is 1.66. The molecule has 5 nitrogen and oxygen atoms in total. The van der Waals surface area contributed by atoms with Crippen LogP contribution in [0.3, 0.4) is 0 Å². The predicted molar refractivity (Wildman–Crippen MR) is 55.6 cm³/mol. The van der Waals surface area contributed by atoms with Gasteiger partial charge in [-0.3, -0.25) is 0 Å². The fraction of sp³-hybridized carbons (Fsp3) is 0.273. The zero-order valence-electron chi connectivity index (χ0n) is 9.02. The third kappa shape index (κ3) is 2.24. The average Bonchev–Trinajstić information content (AvgIpc) is 2.32. The number of aromatic carboxylic acids is 1. The molecule has 0 bridgehead atoms. The molecule has 1 atom stereocenters. The van der Waals surface area contributed by atoms with E-state index >= 15 is 0 Å². The maximum atomic E-state index is 13.5. The second kappa shape index (κ2) is 4.25. The zero-order chi connectivity index (χ0) is 13.3. The largest absolute Gasteiger partial charge is 0.478 e. The van der Waals surface area contributed by atoms with Crippen LogP contribution in [0.25, 0.3) is 0 Å². The van der Waals surface area contributed by atoms with Crippen LogP contribution in [0, 0.1) is 0 Å². The molecule has 1 heterocycles. The van der Waals surface area contributed by atoms with E-state index in [0.717, 1.165) is 0 Å². The highest BCUT2D eigenvalue weighted by Crippen LogP contribution is 2.34. The second-order valence-electron chi connectivity index (χ2n) is 3.84. The van der Waals surface area contributed by atoms with Crippen molar-refractivity contribution in [3.8, 4) is 0 Å². The van der Waals surface area contributed by atoms with E-state index in [9.17, 15) is 18.4 Å². The average molecular weight is 257 g/mol. The number of carboxylic acid groups (broad SMARTS) is 1. The summed E-state index contributed by atoms with van der Waals surface area (Å²) in [7, 11) is 0. The van der Waals surface area contributed by atoms with Crippen molar-refractivity contribution in [1.82, 2.24) is 5.32 Å². The predicted octanol–water partition coefficient (Wildman–Crippen LogP) is 1.80. The first kappa shape index (κ1) is 12.3. The molecule has 2 N–H and O–H groups in total. The van der Waals surface area contributed by atoms with Crippen molar-refractivity contribution in [2.24, 2.45) is 0 Å². The van der Waals surface area contributed by atoms with E-state index in [-0.39, 0.29) is 11.1 Å². The summed E-state index contributed by atoms with van der Waals surface area (Å²) < 4.78 is 31.3. The summed E-state index contributed by atoms with van der Waals surface area (Å²) in [5, 5.41) is 10.7. The van der Waals surface area contributed by atoms with Crippen LogP contribution >= 0.6 is 0 Å². The molecule has 1 aliphatic rings. The maximum absolute atomic E-state index is 13.5. The SMILES string of the molecule is O=C1N[C@H](c2ccc(C(=O)O)cc2)C(F)(F)CO1. The first-order valence-electron chi connectivity index (χ1n) is 5.04. The number of alkyl halides is 2. The van der Waals surface area contributed by atoms with Crippen LogP contribution in [0.2, 0.25) is 0 Å². The van der Waals surface area contributed by atoms with Gasteiger partial charge in [0, 0.05) is 0 Å². The maximum Gasteiger partial charge on any atom is 0.408 e. The smallest absolute Gasteiger partial charge is 0.408 e. The van der Waals surface area contributed by atoms with Crippen LogP contribution in [0.5, 0.6) is 0 Å². The number of hydrogen-bond acceptors (Lipinski definition) is 3. The number of halogens is 2. The molecule has 1 saturated heterocycles. The summed E-state index contributed by atoms with van der Waals surface area (Å²) in [5.41, 5.74) is 0.113. The third-order valence-corrected chi connectivity index (χ3v) is 2.57. The van der Waals surface area contributed by atoms with E-state index < -0.39 is 30.6 Å². The molecule has 0 radical (unpaired) electrons. The monoisotopic (exact) mass is 257 g/mol. The normalized spacial score (nSPS) is 21.9. The molecule has 0 spiro atoms. The number of carbonyl (C=O) groups is 2. The lowest BCUT2D eigenvalue weighted by molar-refractivity contribution is -0.104. The Hall–Kier alpha value is -2.18. The number of amides is 1. The first-order chi connectivity index (χ1) is 8.40. The number of ether oxygens (including phenoxy) is 1. The van der Waals surface area contributed by atoms with E-state index in [2.05, 4.69) is 4.74 Å². The molecule has 1 aromatic carbocycles. The van der Waals surface area contributed by atoms with E-state index in [1.54, 1.807) is 0 Å². The molecule has 2 rings (SSSR count). The van der Waals surface area contributed by atoms with Crippen LogP contribution in [-0.4, -0.2) is 29.7 Å². The molecule has 0 aliphatic carbocycles. The Morgan fingerprint density at radius 2 is 2.00 bits per heavy atom. The van der Waals surface area contributed by atoms with Gasteiger partial charge in [-0.05, 0) is 17.7 Å². The van der Waals surface area contributed by atoms with Gasteiger partial charge in [0.15, 0.2) is 6.61 Å². The molecule has 0 saturated carbocycles. The Bertz CT molecular complexity index is 486. The summed E-state index contributed by atoms with van der Waals surface area (Å²) in [4.78, 5) is 21.6. The number of cyclic esters (lactones) is 1. The Balaban J connectivity index is 2.28. The molecule has 18 heavy (non-hydrogen) atoms. The van der Waals surface area contributed by atoms with E-state index in [1.165, 1.54) is 24.3 Å². The number of carboxylic acids is 1. The lowest BCUT2D eigenvalue weighted by Crippen LogP contribution is -2.49. The standard InChI is InChI=1S/C11H9F2NO4/c12-11(13)5-18-10(17)14-8(11)6-1-3-7(4-2-6)9(15)16/h1-4,8H,5H2,(H,14,17)(H,15,16)/t8-/m1/s1. The van der Waals surface area contributed by atoms with Crippen LogP contribution in [0.1, 0.15) is 22.0 Å². The summed E-state index contributed by atoms with van der Waals surface area (Å²) in [6, 6.07) is 3.38. The highest BCUT2D eigenvalue weighted by molar-refractivity contribution is 5.87. The zero-order valence-corrected chi connectivity index (χ0v) is 9.02. The van der Waals surface area contributed by atoms with Crippen molar-refractivity contribution in [3.05, 3.63) is 35.4 Å². The first-order valence-corrected chi connectivity index (χ1v) is 5.04. The second-order valence-corrected chi connectivity index (χ2v) is 3.84. The Kier molecular flexibility index (Phi) is 2.90. The van der Waals surface area contributed by atoms with Gasteiger partial charge in [-0.2, -0.15) is 0 Å². The van der Waals surface area contributed by atoms with Gasteiger partial charge in [0.1, 0.15) is 6.04 Å². The highest BCUT2D eigenvalue weighted by atomic mass is 19.3. The molecule has 0 unspecified atom stereocenters. The topological polar surface area (TPSA) is 75.6 Å². The summed E-state index contributed by atoms with van der Waals surface area (Å²) in [5.74, 6) is -4.39. The molecule has 1 fully saturated rings. The van der Waals surface area contributed by atoms with Gasteiger partial charge >= 0.3 is 18.0 Å². The van der Waals surface area contributed by atoms with E-state index in [1.807, 2.05) is 5.32 Å². The third-order valence-electron chi connectivity index (χ3n) is 2.57. The molecule has 96 valence electrons. The fourth-order valence-electron chi connectivity index (χ4n) is 1.66. The van der Waals surface area contributed by atoms with Crippen molar-refractivity contribution >= 4 is 12.1 Å². The molecule has 0 aromatic heterocycles. The summed E-state index contributed by atoms with van der Waals surface area (Å²) in [6.07, 6.45) is -0.923. The van der Waals surface area contributed by atoms with E-state index in [0.29, 0.717) is 0 Å². The molecular weight excluding hydrogens is 248 g/mol. The van der Waals surface area contributed by atoms with Crippen LogP contribution in [0.15, 0.2) is 24.3 Å². The molecule has 1 aliphatic heterocycles. The minimum atomic E-state index is -3.24. The summed E-state index contributed by atoms with van der Waals surface area (Å²) >= 11 is 0. The van der Waals surface area contributed by atoms with E-state index in [4.69, 9.17) is 5.11 Å². The van der Waals surface area contributed by atoms with Crippen molar-refractivity contribution in [2.45, 2.75) is 12.0 Å². The highest BCUT2D eigenvalue weighted by Gasteiger charge is 2.46. The van der Waals surface area contributed by atoms with Gasteiger partial charge in [-0.25, -0.2) is 18.4 Å². The van der Waals surface area contributed by atoms with Gasteiger partial charge < -0.3 is 15.2 Å². The van der Waals surface area contributed by atoms with Crippen molar-refractivity contribution in [3.63, 3.8) is 0 Å². The van der Waals surface area contributed by atoms with Crippen molar-refractivity contribution < 1.29 is 28.2 Å². The molecule has 1 amide bonds. The number of alkyl carbamates (subject to hydrolysis) is 1. The number of benzene rings is 1.